The predicted octanol–water partition coefficient (Wildman–Crippen LogP) is 6.56. The lowest BCUT2D eigenvalue weighted by atomic mass is 10.1. The average molecular weight is 480 g/mol. The second-order valence-electron chi connectivity index (χ2n) is 9.04. The Hall–Kier alpha value is -3.06. The van der Waals surface area contributed by atoms with E-state index in [0.29, 0.717) is 12.2 Å². The number of nitrogens with one attached hydrogen (secondary N) is 1. The number of anilines is 1. The number of carbonyl (C=O) groups is 2. The zero-order chi connectivity index (χ0) is 24.9. The molecule has 0 radical (unpaired) electrons. The van der Waals surface area contributed by atoms with Gasteiger partial charge in [-0.05, 0) is 63.4 Å². The molecule has 0 atom stereocenters. The molecular weight excluding hydrogens is 446 g/mol. The number of carboxylic acid groups (broad SMARTS) is 1. The number of hydrogen-bond acceptors (Lipinski definition) is 4. The van der Waals surface area contributed by atoms with Gasteiger partial charge in [-0.1, -0.05) is 44.0 Å². The van der Waals surface area contributed by atoms with E-state index in [2.05, 4.69) is 17.2 Å². The number of rotatable bonds is 10. The van der Waals surface area contributed by atoms with Crippen molar-refractivity contribution in [2.75, 3.05) is 5.32 Å². The molecular formula is C27H33N3O3S. The lowest BCUT2D eigenvalue weighted by Gasteiger charge is -2.18. The van der Waals surface area contributed by atoms with Crippen molar-refractivity contribution in [1.29, 1.82) is 0 Å². The molecule has 0 saturated carbocycles. The third-order valence-electron chi connectivity index (χ3n) is 5.72. The summed E-state index contributed by atoms with van der Waals surface area (Å²) in [6.07, 6.45) is 4.73. The van der Waals surface area contributed by atoms with Gasteiger partial charge < -0.3 is 15.0 Å². The summed E-state index contributed by atoms with van der Waals surface area (Å²) in [7, 11) is 0. The van der Waals surface area contributed by atoms with Crippen LogP contribution in [-0.4, -0.2) is 31.3 Å². The van der Waals surface area contributed by atoms with Gasteiger partial charge in [0, 0.05) is 22.7 Å². The summed E-state index contributed by atoms with van der Waals surface area (Å²) in [6, 6.07) is 13.7. The van der Waals surface area contributed by atoms with Crippen LogP contribution in [-0.2, 0) is 11.3 Å². The lowest BCUT2D eigenvalue weighted by Crippen LogP contribution is -2.26. The van der Waals surface area contributed by atoms with Crippen LogP contribution >= 0.6 is 11.8 Å². The number of imidazole rings is 1. The number of unbranched alkanes of at least 4 members (excludes halogenated alkanes) is 2. The number of amides is 1. The van der Waals surface area contributed by atoms with Crippen molar-refractivity contribution in [3.05, 3.63) is 65.5 Å². The monoisotopic (exact) mass is 479 g/mol. The summed E-state index contributed by atoms with van der Waals surface area (Å²) in [5.74, 6) is -0.303. The summed E-state index contributed by atoms with van der Waals surface area (Å²) in [6.45, 7) is 10.2. The van der Waals surface area contributed by atoms with E-state index in [9.17, 15) is 14.7 Å². The van der Waals surface area contributed by atoms with Crippen molar-refractivity contribution in [3.63, 3.8) is 0 Å². The van der Waals surface area contributed by atoms with Crippen LogP contribution in [0.1, 0.15) is 61.6 Å². The minimum absolute atomic E-state index is 0.181. The van der Waals surface area contributed by atoms with Gasteiger partial charge in [0.15, 0.2) is 0 Å². The Kier molecular flexibility index (Phi) is 8.20. The van der Waals surface area contributed by atoms with Gasteiger partial charge in [-0.3, -0.25) is 9.59 Å². The Morgan fingerprint density at radius 3 is 2.44 bits per heavy atom. The summed E-state index contributed by atoms with van der Waals surface area (Å²) >= 11 is 1.30. The van der Waals surface area contributed by atoms with Crippen LogP contribution in [0.25, 0.3) is 11.4 Å². The molecule has 3 rings (SSSR count). The average Bonchev–Trinajstić information content (AvgIpc) is 3.20. The number of aromatic nitrogens is 2. The fourth-order valence-electron chi connectivity index (χ4n) is 3.60. The Morgan fingerprint density at radius 2 is 1.79 bits per heavy atom. The highest BCUT2D eigenvalue weighted by molar-refractivity contribution is 8.01. The molecule has 6 nitrogen and oxygen atoms in total. The van der Waals surface area contributed by atoms with Crippen LogP contribution in [0.5, 0.6) is 0 Å². The molecule has 0 spiro atoms. The predicted molar refractivity (Wildman–Crippen MR) is 139 cm³/mol. The number of hydrogen-bond donors (Lipinski definition) is 2. The molecule has 2 N–H and O–H groups in total. The third-order valence-corrected chi connectivity index (χ3v) is 6.91. The molecule has 0 bridgehead atoms. The summed E-state index contributed by atoms with van der Waals surface area (Å²) < 4.78 is 1.07. The van der Waals surface area contributed by atoms with Gasteiger partial charge in [0.05, 0.1) is 6.20 Å². The third kappa shape index (κ3) is 6.08. The molecule has 1 amide bonds. The molecule has 1 heterocycles. The van der Waals surface area contributed by atoms with Crippen LogP contribution in [0, 0.1) is 13.8 Å². The van der Waals surface area contributed by atoms with E-state index in [0.717, 1.165) is 52.4 Å². The number of nitrogens with zero attached hydrogens (tertiary/aromatic N) is 2. The smallest absolute Gasteiger partial charge is 0.319 e. The topological polar surface area (TPSA) is 84.2 Å². The zero-order valence-corrected chi connectivity index (χ0v) is 21.3. The first kappa shape index (κ1) is 25.6. The highest BCUT2D eigenvalue weighted by Crippen LogP contribution is 2.34. The molecule has 0 aliphatic rings. The van der Waals surface area contributed by atoms with E-state index >= 15 is 0 Å². The van der Waals surface area contributed by atoms with Crippen molar-refractivity contribution >= 4 is 29.3 Å². The minimum Gasteiger partial charge on any atom is -0.480 e. The van der Waals surface area contributed by atoms with Crippen molar-refractivity contribution in [1.82, 2.24) is 9.55 Å². The van der Waals surface area contributed by atoms with Crippen LogP contribution in [0.3, 0.4) is 0 Å². The van der Waals surface area contributed by atoms with Gasteiger partial charge in [-0.15, -0.1) is 11.8 Å². The van der Waals surface area contributed by atoms with Crippen molar-refractivity contribution < 1.29 is 14.7 Å². The van der Waals surface area contributed by atoms with Gasteiger partial charge in [0.2, 0.25) is 0 Å². The van der Waals surface area contributed by atoms with E-state index in [1.54, 1.807) is 20.0 Å². The molecule has 0 aliphatic heterocycles. The van der Waals surface area contributed by atoms with Crippen LogP contribution in [0.15, 0.2) is 53.6 Å². The standard InChI is InChI=1S/C27H33N3O3S/c1-6-7-8-15-30-23(25(31)29-22-16-18(2)9-10-19(22)3)17-28-24(30)20-11-13-21(14-12-20)34-27(4,5)26(32)33/h9-14,16-17H,6-8,15H2,1-5H3,(H,29,31)(H,32,33). The highest BCUT2D eigenvalue weighted by atomic mass is 32.2. The molecule has 180 valence electrons. The fourth-order valence-corrected chi connectivity index (χ4v) is 4.55. The van der Waals surface area contributed by atoms with Crippen LogP contribution < -0.4 is 5.32 Å². The quantitative estimate of drug-likeness (QED) is 0.254. The Bertz CT molecular complexity index is 1170. The van der Waals surface area contributed by atoms with Crippen LogP contribution in [0.4, 0.5) is 5.69 Å². The number of thioether (sulfide) groups is 1. The van der Waals surface area contributed by atoms with E-state index in [4.69, 9.17) is 0 Å². The maximum Gasteiger partial charge on any atom is 0.319 e. The largest absolute Gasteiger partial charge is 0.480 e. The summed E-state index contributed by atoms with van der Waals surface area (Å²) in [5.41, 5.74) is 4.31. The van der Waals surface area contributed by atoms with E-state index < -0.39 is 10.7 Å². The normalized spacial score (nSPS) is 11.4. The number of carboxylic acids is 1. The van der Waals surface area contributed by atoms with Gasteiger partial charge in [0.25, 0.3) is 5.91 Å². The second-order valence-corrected chi connectivity index (χ2v) is 10.7. The van der Waals surface area contributed by atoms with E-state index in [1.807, 2.05) is 60.9 Å². The molecule has 1 aromatic heterocycles. The summed E-state index contributed by atoms with van der Waals surface area (Å²) in [5, 5.41) is 12.4. The van der Waals surface area contributed by atoms with Crippen molar-refractivity contribution in [3.8, 4) is 11.4 Å². The van der Waals surface area contributed by atoms with Gasteiger partial charge in [-0.2, -0.15) is 0 Å². The second kappa shape index (κ2) is 10.9. The maximum absolute atomic E-state index is 13.2. The Balaban J connectivity index is 1.90. The Labute approximate surface area is 205 Å². The SMILES string of the molecule is CCCCCn1c(C(=O)Nc2cc(C)ccc2C)cnc1-c1ccc(SC(C)(C)C(=O)O)cc1. The molecule has 7 heteroatoms. The Morgan fingerprint density at radius 1 is 1.09 bits per heavy atom. The number of carbonyl (C=O) groups excluding carboxylic acids is 1. The van der Waals surface area contributed by atoms with E-state index in [-0.39, 0.29) is 5.91 Å². The molecule has 3 aromatic rings. The van der Waals surface area contributed by atoms with Gasteiger partial charge in [0.1, 0.15) is 16.3 Å². The highest BCUT2D eigenvalue weighted by Gasteiger charge is 2.28. The molecule has 2 aromatic carbocycles. The van der Waals surface area contributed by atoms with Crippen molar-refractivity contribution in [2.45, 2.75) is 70.1 Å². The molecule has 0 aliphatic carbocycles. The zero-order valence-electron chi connectivity index (χ0n) is 20.5. The first-order valence-corrected chi connectivity index (χ1v) is 12.4. The van der Waals surface area contributed by atoms with E-state index in [1.165, 1.54) is 11.8 Å². The number of aryl methyl sites for hydroxylation is 2. The lowest BCUT2D eigenvalue weighted by molar-refractivity contribution is -0.138. The summed E-state index contributed by atoms with van der Waals surface area (Å²) in [4.78, 5) is 30.1. The van der Waals surface area contributed by atoms with Gasteiger partial charge in [-0.25, -0.2) is 4.98 Å². The molecule has 0 fully saturated rings. The molecule has 0 unspecified atom stereocenters. The minimum atomic E-state index is -0.917. The fraction of sp³-hybridized carbons (Fsp3) is 0.370. The molecule has 34 heavy (non-hydrogen) atoms. The van der Waals surface area contributed by atoms with Crippen molar-refractivity contribution in [2.24, 2.45) is 0 Å². The first-order chi connectivity index (χ1) is 16.1. The van der Waals surface area contributed by atoms with Crippen LogP contribution in [0.2, 0.25) is 0 Å². The first-order valence-electron chi connectivity index (χ1n) is 11.6. The van der Waals surface area contributed by atoms with Gasteiger partial charge >= 0.3 is 5.97 Å². The maximum atomic E-state index is 13.2. The number of benzene rings is 2. The number of aliphatic carboxylic acids is 1. The molecule has 0 saturated heterocycles.